The SMILES string of the molecule is CCOC(=O)COCCN1CCN(CCOCCOC2CCC(/C(O)=C(\C(=O)O)c3c(C)cc(C)cc3C)CC2)CC1. The van der Waals surface area contributed by atoms with E-state index in [1.807, 2.05) is 32.9 Å². The van der Waals surface area contributed by atoms with Gasteiger partial charge in [-0.2, -0.15) is 0 Å². The van der Waals surface area contributed by atoms with E-state index in [2.05, 4.69) is 9.80 Å². The summed E-state index contributed by atoms with van der Waals surface area (Å²) < 4.78 is 22.1. The lowest BCUT2D eigenvalue weighted by atomic mass is 9.82. The number of nitrogens with zero attached hydrogens (tertiary/aromatic N) is 2. The Labute approximate surface area is 250 Å². The Morgan fingerprint density at radius 1 is 0.833 bits per heavy atom. The number of aliphatic hydroxyl groups is 1. The average Bonchev–Trinajstić information content (AvgIpc) is 2.95. The number of hydrogen-bond acceptors (Lipinski definition) is 9. The molecule has 0 aromatic heterocycles. The zero-order chi connectivity index (χ0) is 30.5. The van der Waals surface area contributed by atoms with Crippen LogP contribution in [0.4, 0.5) is 0 Å². The van der Waals surface area contributed by atoms with Crippen LogP contribution in [0.2, 0.25) is 0 Å². The van der Waals surface area contributed by atoms with Crippen LogP contribution in [-0.4, -0.2) is 117 Å². The Hall–Kier alpha value is -2.50. The molecule has 1 aromatic rings. The van der Waals surface area contributed by atoms with Gasteiger partial charge in [0, 0.05) is 45.2 Å². The van der Waals surface area contributed by atoms with Crippen molar-refractivity contribution >= 4 is 17.5 Å². The lowest BCUT2D eigenvalue weighted by molar-refractivity contribution is -0.148. The first-order chi connectivity index (χ1) is 20.2. The fraction of sp³-hybridized carbons (Fsp3) is 0.688. The Balaban J connectivity index is 1.28. The molecule has 0 bridgehead atoms. The van der Waals surface area contributed by atoms with E-state index in [9.17, 15) is 19.8 Å². The number of carbonyl (C=O) groups excluding carboxylic acids is 1. The van der Waals surface area contributed by atoms with Gasteiger partial charge in [0.05, 0.1) is 39.1 Å². The second kappa shape index (κ2) is 17.6. The molecule has 3 rings (SSSR count). The van der Waals surface area contributed by atoms with Gasteiger partial charge in [0.2, 0.25) is 0 Å². The van der Waals surface area contributed by atoms with Gasteiger partial charge in [-0.15, -0.1) is 0 Å². The number of carboxylic acid groups (broad SMARTS) is 1. The summed E-state index contributed by atoms with van der Waals surface area (Å²) in [5.41, 5.74) is 3.46. The molecule has 1 heterocycles. The number of benzene rings is 1. The molecular weight excluding hydrogens is 540 g/mol. The van der Waals surface area contributed by atoms with Crippen molar-refractivity contribution in [1.82, 2.24) is 9.80 Å². The van der Waals surface area contributed by atoms with E-state index >= 15 is 0 Å². The molecule has 2 fully saturated rings. The molecule has 42 heavy (non-hydrogen) atoms. The van der Waals surface area contributed by atoms with Gasteiger partial charge in [-0.05, 0) is 70.1 Å². The van der Waals surface area contributed by atoms with Crippen molar-refractivity contribution in [2.75, 3.05) is 78.9 Å². The molecule has 10 heteroatoms. The molecule has 1 aliphatic carbocycles. The molecule has 1 aliphatic heterocycles. The Kier molecular flexibility index (Phi) is 14.2. The van der Waals surface area contributed by atoms with Crippen LogP contribution in [-0.2, 0) is 28.5 Å². The molecule has 0 amide bonds. The molecule has 10 nitrogen and oxygen atoms in total. The van der Waals surface area contributed by atoms with Crippen LogP contribution in [0.5, 0.6) is 0 Å². The number of carboxylic acids is 1. The maximum absolute atomic E-state index is 12.2. The van der Waals surface area contributed by atoms with Crippen molar-refractivity contribution < 1.29 is 38.7 Å². The minimum Gasteiger partial charge on any atom is -0.511 e. The van der Waals surface area contributed by atoms with E-state index in [1.54, 1.807) is 6.92 Å². The number of aliphatic hydroxyl groups excluding tert-OH is 1. The third-order valence-corrected chi connectivity index (χ3v) is 8.13. The summed E-state index contributed by atoms with van der Waals surface area (Å²) in [6.07, 6.45) is 3.06. The van der Waals surface area contributed by atoms with Gasteiger partial charge in [0.15, 0.2) is 0 Å². The zero-order valence-corrected chi connectivity index (χ0v) is 25.9. The average molecular weight is 591 g/mol. The number of allylic oxidation sites excluding steroid dienone is 1. The van der Waals surface area contributed by atoms with Gasteiger partial charge in [0.1, 0.15) is 17.9 Å². The fourth-order valence-corrected chi connectivity index (χ4v) is 5.98. The van der Waals surface area contributed by atoms with Gasteiger partial charge in [-0.25, -0.2) is 9.59 Å². The highest BCUT2D eigenvalue weighted by Gasteiger charge is 2.30. The molecule has 0 atom stereocenters. The van der Waals surface area contributed by atoms with Gasteiger partial charge in [-0.1, -0.05) is 17.7 Å². The predicted octanol–water partition coefficient (Wildman–Crippen LogP) is 3.75. The fourth-order valence-electron chi connectivity index (χ4n) is 5.98. The lowest BCUT2D eigenvalue weighted by Crippen LogP contribution is -2.48. The number of carbonyl (C=O) groups is 2. The summed E-state index contributed by atoms with van der Waals surface area (Å²) in [6, 6.07) is 3.92. The van der Waals surface area contributed by atoms with Crippen LogP contribution in [0.1, 0.15) is 54.9 Å². The van der Waals surface area contributed by atoms with Crippen LogP contribution >= 0.6 is 0 Å². The summed E-state index contributed by atoms with van der Waals surface area (Å²) in [5, 5.41) is 21.0. The van der Waals surface area contributed by atoms with E-state index in [0.29, 0.717) is 51.4 Å². The highest BCUT2D eigenvalue weighted by Crippen LogP contribution is 2.36. The van der Waals surface area contributed by atoms with E-state index in [1.165, 1.54) is 0 Å². The molecule has 0 unspecified atom stereocenters. The van der Waals surface area contributed by atoms with E-state index in [0.717, 1.165) is 68.8 Å². The minimum atomic E-state index is -1.09. The van der Waals surface area contributed by atoms with Gasteiger partial charge < -0.3 is 29.2 Å². The van der Waals surface area contributed by atoms with Crippen molar-refractivity contribution in [2.24, 2.45) is 5.92 Å². The van der Waals surface area contributed by atoms with Crippen molar-refractivity contribution in [3.05, 3.63) is 40.1 Å². The topological polar surface area (TPSA) is 118 Å². The molecule has 2 N–H and O–H groups in total. The molecular formula is C32H50N2O8. The highest BCUT2D eigenvalue weighted by molar-refractivity contribution is 6.17. The largest absolute Gasteiger partial charge is 0.511 e. The Morgan fingerprint density at radius 2 is 1.40 bits per heavy atom. The van der Waals surface area contributed by atoms with Crippen LogP contribution < -0.4 is 0 Å². The quantitative estimate of drug-likeness (QED) is 0.128. The van der Waals surface area contributed by atoms with E-state index in [4.69, 9.17) is 18.9 Å². The van der Waals surface area contributed by atoms with Gasteiger partial charge in [-0.3, -0.25) is 9.80 Å². The second-order valence-electron chi connectivity index (χ2n) is 11.3. The molecule has 2 aliphatic rings. The first-order valence-corrected chi connectivity index (χ1v) is 15.3. The van der Waals surface area contributed by atoms with Crippen LogP contribution in [0.3, 0.4) is 0 Å². The molecule has 1 saturated heterocycles. The summed E-state index contributed by atoms with van der Waals surface area (Å²) in [6.45, 7) is 15.8. The molecule has 1 aromatic carbocycles. The normalized spacial score (nSPS) is 20.8. The third-order valence-electron chi connectivity index (χ3n) is 8.13. The maximum atomic E-state index is 12.2. The van der Waals surface area contributed by atoms with Crippen LogP contribution in [0.25, 0.3) is 5.57 Å². The number of aryl methyl sites for hydroxylation is 3. The number of piperazine rings is 1. The lowest BCUT2D eigenvalue weighted by Gasteiger charge is -2.34. The third kappa shape index (κ3) is 10.6. The summed E-state index contributed by atoms with van der Waals surface area (Å²) in [7, 11) is 0. The highest BCUT2D eigenvalue weighted by atomic mass is 16.6. The number of rotatable bonds is 16. The van der Waals surface area contributed by atoms with Crippen molar-refractivity contribution in [1.29, 1.82) is 0 Å². The smallest absolute Gasteiger partial charge is 0.339 e. The number of ether oxygens (including phenoxy) is 4. The van der Waals surface area contributed by atoms with E-state index in [-0.39, 0.29) is 35.9 Å². The van der Waals surface area contributed by atoms with Crippen LogP contribution in [0, 0.1) is 26.7 Å². The summed E-state index contributed by atoms with van der Waals surface area (Å²) >= 11 is 0. The number of aliphatic carboxylic acids is 1. The Bertz CT molecular complexity index is 1020. The molecule has 1 saturated carbocycles. The first-order valence-electron chi connectivity index (χ1n) is 15.3. The van der Waals surface area contributed by atoms with Crippen molar-refractivity contribution in [3.8, 4) is 0 Å². The Morgan fingerprint density at radius 3 is 1.95 bits per heavy atom. The predicted molar refractivity (Wildman–Crippen MR) is 161 cm³/mol. The molecule has 236 valence electrons. The second-order valence-corrected chi connectivity index (χ2v) is 11.3. The van der Waals surface area contributed by atoms with Crippen molar-refractivity contribution in [3.63, 3.8) is 0 Å². The number of esters is 1. The van der Waals surface area contributed by atoms with Crippen LogP contribution in [0.15, 0.2) is 17.9 Å². The minimum absolute atomic E-state index is 0.0116. The van der Waals surface area contributed by atoms with Gasteiger partial charge >= 0.3 is 11.9 Å². The monoisotopic (exact) mass is 590 g/mol. The summed E-state index contributed by atoms with van der Waals surface area (Å²) in [5.74, 6) is -1.59. The molecule has 0 spiro atoms. The van der Waals surface area contributed by atoms with Gasteiger partial charge in [0.25, 0.3) is 0 Å². The zero-order valence-electron chi connectivity index (χ0n) is 25.9. The van der Waals surface area contributed by atoms with Crippen molar-refractivity contribution in [2.45, 2.75) is 59.5 Å². The maximum Gasteiger partial charge on any atom is 0.339 e. The first kappa shape index (κ1) is 34.0. The number of hydrogen-bond donors (Lipinski definition) is 2. The standard InChI is InChI=1S/C32H50N2O8/c1-5-41-28(35)22-40-17-15-34-12-10-33(11-13-34)14-16-39-18-19-42-27-8-6-26(7-9-27)31(36)30(32(37)38)29-24(3)20-23(2)21-25(29)4/h20-21,26-27,36H,5-19,22H2,1-4H3,(H,37,38)/b31-30+. The van der Waals surface area contributed by atoms with E-state index < -0.39 is 5.97 Å². The molecule has 0 radical (unpaired) electrons. The summed E-state index contributed by atoms with van der Waals surface area (Å²) in [4.78, 5) is 28.2.